The van der Waals surface area contributed by atoms with E-state index in [2.05, 4.69) is 17.1 Å². The number of ether oxygens (including phenoxy) is 1. The summed E-state index contributed by atoms with van der Waals surface area (Å²) in [5.41, 5.74) is 3.34. The van der Waals surface area contributed by atoms with Crippen LogP contribution in [0, 0.1) is 6.92 Å². The van der Waals surface area contributed by atoms with Crippen LogP contribution in [0.2, 0.25) is 0 Å². The van der Waals surface area contributed by atoms with Crippen LogP contribution in [0.3, 0.4) is 0 Å². The van der Waals surface area contributed by atoms with Crippen molar-refractivity contribution >= 4 is 33.9 Å². The molecule has 168 valence electrons. The molecule has 3 heterocycles. The predicted octanol–water partition coefficient (Wildman–Crippen LogP) is 4.36. The SMILES string of the molecule is CCc1ccc([C@H]2/C(=C(\O)c3ccc4c(c3)C[C@H](C)O4)C(=O)C(=O)N2c2nnc(C)s2)cc1. The highest BCUT2D eigenvalue weighted by atomic mass is 32.1. The van der Waals surface area contributed by atoms with Gasteiger partial charge in [-0.3, -0.25) is 14.5 Å². The average molecular weight is 462 g/mol. The first-order valence-electron chi connectivity index (χ1n) is 10.9. The molecular weight excluding hydrogens is 438 g/mol. The van der Waals surface area contributed by atoms with E-state index in [9.17, 15) is 14.7 Å². The van der Waals surface area contributed by atoms with E-state index in [0.717, 1.165) is 35.3 Å². The Kier molecular flexibility index (Phi) is 5.25. The summed E-state index contributed by atoms with van der Waals surface area (Å²) >= 11 is 1.23. The minimum absolute atomic E-state index is 0.0454. The molecule has 7 nitrogen and oxygen atoms in total. The molecule has 1 N–H and O–H groups in total. The lowest BCUT2D eigenvalue weighted by atomic mass is 9.94. The molecule has 3 aromatic rings. The number of Topliss-reactive ketones (excluding diaryl/α,β-unsaturated/α-hetero) is 1. The van der Waals surface area contributed by atoms with Gasteiger partial charge in [0.1, 0.15) is 22.6 Å². The highest BCUT2D eigenvalue weighted by molar-refractivity contribution is 7.15. The minimum atomic E-state index is -0.799. The zero-order valence-electron chi connectivity index (χ0n) is 18.5. The zero-order valence-corrected chi connectivity index (χ0v) is 19.3. The Labute approximate surface area is 195 Å². The molecule has 2 aromatic carbocycles. The Morgan fingerprint density at radius 3 is 2.61 bits per heavy atom. The Morgan fingerprint density at radius 2 is 1.94 bits per heavy atom. The van der Waals surface area contributed by atoms with Gasteiger partial charge in [0.25, 0.3) is 5.78 Å². The molecular formula is C25H23N3O4S. The van der Waals surface area contributed by atoms with Crippen molar-refractivity contribution in [1.29, 1.82) is 0 Å². The molecule has 1 amide bonds. The first kappa shape index (κ1) is 21.3. The fourth-order valence-corrected chi connectivity index (χ4v) is 5.10. The molecule has 2 aliphatic heterocycles. The number of hydrogen-bond acceptors (Lipinski definition) is 7. The summed E-state index contributed by atoms with van der Waals surface area (Å²) in [7, 11) is 0. The molecule has 0 radical (unpaired) electrons. The van der Waals surface area contributed by atoms with Crippen LogP contribution in [-0.2, 0) is 22.4 Å². The Bertz CT molecular complexity index is 1300. The molecule has 1 saturated heterocycles. The van der Waals surface area contributed by atoms with Gasteiger partial charge in [0.2, 0.25) is 5.13 Å². The van der Waals surface area contributed by atoms with Gasteiger partial charge in [-0.05, 0) is 55.2 Å². The van der Waals surface area contributed by atoms with Gasteiger partial charge < -0.3 is 9.84 Å². The number of nitrogens with zero attached hydrogens (tertiary/aromatic N) is 3. The summed E-state index contributed by atoms with van der Waals surface area (Å²) < 4.78 is 5.75. The van der Waals surface area contributed by atoms with E-state index >= 15 is 0 Å². The van der Waals surface area contributed by atoms with Crippen LogP contribution in [0.1, 0.15) is 47.2 Å². The number of aliphatic hydroxyl groups is 1. The van der Waals surface area contributed by atoms with Crippen LogP contribution >= 0.6 is 11.3 Å². The number of carbonyl (C=O) groups excluding carboxylic acids is 2. The maximum atomic E-state index is 13.2. The minimum Gasteiger partial charge on any atom is -0.507 e. The number of fused-ring (bicyclic) bond motifs is 1. The number of carbonyl (C=O) groups is 2. The summed E-state index contributed by atoms with van der Waals surface area (Å²) in [5, 5.41) is 20.5. The standard InChI is InChI=1S/C25H23N3O4S/c1-4-15-5-7-16(8-6-15)21-20(23(30)24(31)28(21)25-27-26-14(3)33-25)22(29)17-9-10-19-18(12-17)11-13(2)32-19/h5-10,12-13,21,29H,4,11H2,1-3H3/b22-20+/t13-,21-/m0/s1. The van der Waals surface area contributed by atoms with Gasteiger partial charge in [0.05, 0.1) is 11.6 Å². The number of ketones is 1. The Morgan fingerprint density at radius 1 is 1.18 bits per heavy atom. The van der Waals surface area contributed by atoms with E-state index in [-0.39, 0.29) is 17.4 Å². The van der Waals surface area contributed by atoms with Crippen LogP contribution in [0.4, 0.5) is 5.13 Å². The van der Waals surface area contributed by atoms with Crippen molar-refractivity contribution in [2.75, 3.05) is 4.90 Å². The monoisotopic (exact) mass is 461 g/mol. The molecule has 8 heteroatoms. The number of anilines is 1. The summed E-state index contributed by atoms with van der Waals surface area (Å²) in [6.07, 6.45) is 1.64. The molecule has 0 unspecified atom stereocenters. The van der Waals surface area contributed by atoms with E-state index in [1.165, 1.54) is 16.2 Å². The predicted molar refractivity (Wildman–Crippen MR) is 125 cm³/mol. The van der Waals surface area contributed by atoms with Crippen molar-refractivity contribution in [2.24, 2.45) is 0 Å². The summed E-state index contributed by atoms with van der Waals surface area (Å²) in [6.45, 7) is 5.83. The van der Waals surface area contributed by atoms with Gasteiger partial charge >= 0.3 is 5.91 Å². The van der Waals surface area contributed by atoms with Crippen LogP contribution < -0.4 is 9.64 Å². The summed E-state index contributed by atoms with van der Waals surface area (Å²) in [4.78, 5) is 27.7. The zero-order chi connectivity index (χ0) is 23.3. The van der Waals surface area contributed by atoms with Crippen molar-refractivity contribution in [1.82, 2.24) is 10.2 Å². The molecule has 1 fully saturated rings. The van der Waals surface area contributed by atoms with E-state index in [0.29, 0.717) is 15.7 Å². The van der Waals surface area contributed by atoms with E-state index in [1.807, 2.05) is 37.3 Å². The van der Waals surface area contributed by atoms with Crippen molar-refractivity contribution in [3.05, 3.63) is 75.3 Å². The second kappa shape index (κ2) is 8.12. The Balaban J connectivity index is 1.67. The lowest BCUT2D eigenvalue weighted by Gasteiger charge is -2.22. The maximum absolute atomic E-state index is 13.2. The summed E-state index contributed by atoms with van der Waals surface area (Å²) in [5.74, 6) is -0.898. The smallest absolute Gasteiger partial charge is 0.301 e. The second-order valence-electron chi connectivity index (χ2n) is 8.32. The fraction of sp³-hybridized carbons (Fsp3) is 0.280. The van der Waals surface area contributed by atoms with Crippen LogP contribution in [-0.4, -0.2) is 33.1 Å². The van der Waals surface area contributed by atoms with Crippen molar-refractivity contribution in [3.63, 3.8) is 0 Å². The van der Waals surface area contributed by atoms with Gasteiger partial charge in [-0.2, -0.15) is 0 Å². The number of hydrogen-bond donors (Lipinski definition) is 1. The normalized spacial score (nSPS) is 21.4. The lowest BCUT2D eigenvalue weighted by molar-refractivity contribution is -0.132. The maximum Gasteiger partial charge on any atom is 0.301 e. The van der Waals surface area contributed by atoms with E-state index in [1.54, 1.807) is 19.1 Å². The lowest BCUT2D eigenvalue weighted by Crippen LogP contribution is -2.29. The number of aliphatic hydroxyl groups excluding tert-OH is 1. The number of rotatable bonds is 4. The van der Waals surface area contributed by atoms with Crippen molar-refractivity contribution < 1.29 is 19.4 Å². The Hall–Kier alpha value is -3.52. The molecule has 2 atom stereocenters. The highest BCUT2D eigenvalue weighted by Gasteiger charge is 2.48. The quantitative estimate of drug-likeness (QED) is 0.353. The number of aryl methyl sites for hydroxylation is 2. The number of benzene rings is 2. The third-order valence-electron chi connectivity index (χ3n) is 6.04. The largest absolute Gasteiger partial charge is 0.507 e. The van der Waals surface area contributed by atoms with Gasteiger partial charge in [-0.15, -0.1) is 10.2 Å². The molecule has 1 aromatic heterocycles. The third-order valence-corrected chi connectivity index (χ3v) is 6.88. The molecule has 2 aliphatic rings. The van der Waals surface area contributed by atoms with Gasteiger partial charge in [0.15, 0.2) is 0 Å². The van der Waals surface area contributed by atoms with Gasteiger partial charge in [0, 0.05) is 12.0 Å². The third kappa shape index (κ3) is 3.60. The van der Waals surface area contributed by atoms with Crippen molar-refractivity contribution in [2.45, 2.75) is 45.8 Å². The second-order valence-corrected chi connectivity index (χ2v) is 9.48. The number of amides is 1. The van der Waals surface area contributed by atoms with Crippen molar-refractivity contribution in [3.8, 4) is 5.75 Å². The number of aromatic nitrogens is 2. The molecule has 0 saturated carbocycles. The first-order valence-corrected chi connectivity index (χ1v) is 11.7. The molecule has 0 spiro atoms. The van der Waals surface area contributed by atoms with E-state index < -0.39 is 17.7 Å². The highest BCUT2D eigenvalue weighted by Crippen LogP contribution is 2.43. The average Bonchev–Trinajstić information content (AvgIpc) is 3.48. The van der Waals surface area contributed by atoms with Crippen LogP contribution in [0.5, 0.6) is 5.75 Å². The topological polar surface area (TPSA) is 92.6 Å². The first-order chi connectivity index (χ1) is 15.9. The van der Waals surface area contributed by atoms with Gasteiger partial charge in [-0.1, -0.05) is 42.5 Å². The van der Waals surface area contributed by atoms with Crippen LogP contribution in [0.15, 0.2) is 48.0 Å². The molecule has 0 aliphatic carbocycles. The summed E-state index contributed by atoms with van der Waals surface area (Å²) in [6, 6.07) is 12.3. The fourth-order valence-electron chi connectivity index (χ4n) is 4.39. The van der Waals surface area contributed by atoms with E-state index in [4.69, 9.17) is 4.74 Å². The molecule has 0 bridgehead atoms. The van der Waals surface area contributed by atoms with Crippen LogP contribution in [0.25, 0.3) is 5.76 Å². The molecule has 5 rings (SSSR count). The van der Waals surface area contributed by atoms with Gasteiger partial charge in [-0.25, -0.2) is 0 Å². The molecule has 33 heavy (non-hydrogen) atoms.